The predicted octanol–water partition coefficient (Wildman–Crippen LogP) is 1.14. The molecule has 2 heterocycles. The van der Waals surface area contributed by atoms with E-state index < -0.39 is 0 Å². The Hall–Kier alpha value is -0.640. The summed E-state index contributed by atoms with van der Waals surface area (Å²) < 4.78 is 2.07. The van der Waals surface area contributed by atoms with Crippen LogP contribution in [0.25, 0.3) is 0 Å². The lowest BCUT2D eigenvalue weighted by atomic mass is 10.3. The van der Waals surface area contributed by atoms with Gasteiger partial charge in [-0.05, 0) is 12.2 Å². The van der Waals surface area contributed by atoms with Crippen LogP contribution in [0.15, 0.2) is 12.4 Å². The highest BCUT2D eigenvalue weighted by atomic mass is 32.2. The fourth-order valence-electron chi connectivity index (χ4n) is 1.37. The van der Waals surface area contributed by atoms with Crippen LogP contribution in [0.5, 0.6) is 0 Å². The van der Waals surface area contributed by atoms with Crippen molar-refractivity contribution >= 4 is 17.7 Å². The number of imidazole rings is 1. The number of hydrogen-bond donors (Lipinski definition) is 1. The first-order valence-electron chi connectivity index (χ1n) is 3.74. The van der Waals surface area contributed by atoms with Gasteiger partial charge in [0.2, 0.25) is 0 Å². The van der Waals surface area contributed by atoms with Crippen LogP contribution in [-0.4, -0.2) is 21.1 Å². The molecule has 1 aromatic rings. The second-order valence-electron chi connectivity index (χ2n) is 2.71. The van der Waals surface area contributed by atoms with E-state index in [-0.39, 0.29) is 0 Å². The van der Waals surface area contributed by atoms with E-state index in [9.17, 15) is 0 Å². The van der Waals surface area contributed by atoms with E-state index in [1.54, 1.807) is 6.20 Å². The highest BCUT2D eigenvalue weighted by molar-refractivity contribution is 7.99. The second-order valence-corrected chi connectivity index (χ2v) is 3.86. The van der Waals surface area contributed by atoms with Crippen molar-refractivity contribution < 1.29 is 0 Å². The lowest BCUT2D eigenvalue weighted by Crippen LogP contribution is -2.09. The third-order valence-corrected chi connectivity index (χ3v) is 3.14. The summed E-state index contributed by atoms with van der Waals surface area (Å²) in [6.45, 7) is 0. The predicted molar refractivity (Wildman–Crippen MR) is 47.6 cm³/mol. The number of hydrogen-bond acceptors (Lipinski definition) is 3. The van der Waals surface area contributed by atoms with Crippen molar-refractivity contribution in [3.05, 3.63) is 12.4 Å². The zero-order valence-electron chi connectivity index (χ0n) is 6.23. The molecule has 1 aliphatic heterocycles. The van der Waals surface area contributed by atoms with Gasteiger partial charge in [0.15, 0.2) is 5.95 Å². The summed E-state index contributed by atoms with van der Waals surface area (Å²) in [6, 6.07) is 0.586. The molecule has 4 heteroatoms. The average Bonchev–Trinajstić information content (AvgIpc) is 2.55. The number of aromatic nitrogens is 2. The van der Waals surface area contributed by atoms with E-state index in [1.165, 1.54) is 17.9 Å². The Morgan fingerprint density at radius 2 is 2.64 bits per heavy atom. The van der Waals surface area contributed by atoms with Gasteiger partial charge in [0.1, 0.15) is 0 Å². The van der Waals surface area contributed by atoms with E-state index >= 15 is 0 Å². The molecule has 0 amide bonds. The molecule has 0 aromatic carbocycles. The lowest BCUT2D eigenvalue weighted by molar-refractivity contribution is 0.568. The van der Waals surface area contributed by atoms with Crippen molar-refractivity contribution in [2.24, 2.45) is 0 Å². The molecule has 0 spiro atoms. The third-order valence-electron chi connectivity index (χ3n) is 2.00. The molecule has 1 aromatic heterocycles. The molecule has 60 valence electrons. The van der Waals surface area contributed by atoms with Crippen molar-refractivity contribution in [3.63, 3.8) is 0 Å². The van der Waals surface area contributed by atoms with Gasteiger partial charge in [-0.25, -0.2) is 4.98 Å². The molecule has 2 rings (SSSR count). The second kappa shape index (κ2) is 2.77. The van der Waals surface area contributed by atoms with Gasteiger partial charge in [0.25, 0.3) is 0 Å². The van der Waals surface area contributed by atoms with E-state index in [2.05, 4.69) is 9.55 Å². The first-order chi connectivity index (χ1) is 5.38. The highest BCUT2D eigenvalue weighted by Gasteiger charge is 2.18. The van der Waals surface area contributed by atoms with Crippen LogP contribution < -0.4 is 5.73 Å². The zero-order valence-corrected chi connectivity index (χ0v) is 7.05. The van der Waals surface area contributed by atoms with Crippen LogP contribution in [-0.2, 0) is 0 Å². The normalized spacial score (nSPS) is 24.2. The molecular formula is C7H11N3S. The van der Waals surface area contributed by atoms with Gasteiger partial charge in [-0.2, -0.15) is 11.8 Å². The molecule has 1 fully saturated rings. The van der Waals surface area contributed by atoms with E-state index in [0.717, 1.165) is 0 Å². The Kier molecular flexibility index (Phi) is 1.77. The van der Waals surface area contributed by atoms with Gasteiger partial charge in [0, 0.05) is 24.2 Å². The van der Waals surface area contributed by atoms with Crippen molar-refractivity contribution in [1.29, 1.82) is 0 Å². The number of rotatable bonds is 1. The maximum atomic E-state index is 5.66. The standard InChI is InChI=1S/C7H11N3S/c8-7-9-2-3-10(7)6-1-4-11-5-6/h2-3,6H,1,4-5H2,(H2,8,9). The Morgan fingerprint density at radius 3 is 3.18 bits per heavy atom. The minimum absolute atomic E-state index is 0.586. The van der Waals surface area contributed by atoms with Crippen LogP contribution in [0.2, 0.25) is 0 Å². The molecule has 1 saturated heterocycles. The number of nitrogens with two attached hydrogens (primary N) is 1. The van der Waals surface area contributed by atoms with E-state index in [0.29, 0.717) is 12.0 Å². The Labute approximate surface area is 70.0 Å². The number of thioether (sulfide) groups is 1. The third kappa shape index (κ3) is 1.22. The fourth-order valence-corrected chi connectivity index (χ4v) is 2.58. The zero-order chi connectivity index (χ0) is 7.68. The summed E-state index contributed by atoms with van der Waals surface area (Å²) in [5.74, 6) is 3.08. The Morgan fingerprint density at radius 1 is 1.73 bits per heavy atom. The van der Waals surface area contributed by atoms with Gasteiger partial charge in [-0.3, -0.25) is 0 Å². The lowest BCUT2D eigenvalue weighted by Gasteiger charge is -2.10. The summed E-state index contributed by atoms with van der Waals surface area (Å²) in [5.41, 5.74) is 5.66. The molecule has 0 saturated carbocycles. The van der Waals surface area contributed by atoms with Gasteiger partial charge >= 0.3 is 0 Å². The van der Waals surface area contributed by atoms with E-state index in [1.807, 2.05) is 18.0 Å². The van der Waals surface area contributed by atoms with Gasteiger partial charge in [-0.1, -0.05) is 0 Å². The average molecular weight is 169 g/mol. The topological polar surface area (TPSA) is 43.8 Å². The smallest absolute Gasteiger partial charge is 0.200 e. The maximum Gasteiger partial charge on any atom is 0.200 e. The van der Waals surface area contributed by atoms with Crippen LogP contribution in [0, 0.1) is 0 Å². The molecule has 11 heavy (non-hydrogen) atoms. The minimum atomic E-state index is 0.586. The molecule has 1 atom stereocenters. The van der Waals surface area contributed by atoms with Crippen molar-refractivity contribution in [2.75, 3.05) is 17.2 Å². The number of nitrogen functional groups attached to an aromatic ring is 1. The summed E-state index contributed by atoms with van der Waals surface area (Å²) in [4.78, 5) is 3.99. The highest BCUT2D eigenvalue weighted by Crippen LogP contribution is 2.28. The molecule has 0 bridgehead atoms. The first-order valence-corrected chi connectivity index (χ1v) is 4.89. The van der Waals surface area contributed by atoms with Crippen molar-refractivity contribution in [3.8, 4) is 0 Å². The minimum Gasteiger partial charge on any atom is -0.369 e. The van der Waals surface area contributed by atoms with Crippen molar-refractivity contribution in [1.82, 2.24) is 9.55 Å². The summed E-state index contributed by atoms with van der Waals surface area (Å²) in [6.07, 6.45) is 4.95. The van der Waals surface area contributed by atoms with Gasteiger partial charge in [0.05, 0.1) is 0 Å². The van der Waals surface area contributed by atoms with Crippen LogP contribution >= 0.6 is 11.8 Å². The first kappa shape index (κ1) is 7.03. The van der Waals surface area contributed by atoms with Gasteiger partial charge < -0.3 is 10.3 Å². The number of nitrogens with zero attached hydrogens (tertiary/aromatic N) is 2. The summed E-state index contributed by atoms with van der Waals surface area (Å²) >= 11 is 1.98. The van der Waals surface area contributed by atoms with Crippen LogP contribution in [0.3, 0.4) is 0 Å². The Bertz CT molecular complexity index is 240. The summed E-state index contributed by atoms with van der Waals surface area (Å²) in [7, 11) is 0. The number of anilines is 1. The SMILES string of the molecule is Nc1nccn1C1CCSC1. The largest absolute Gasteiger partial charge is 0.369 e. The van der Waals surface area contributed by atoms with Crippen molar-refractivity contribution in [2.45, 2.75) is 12.5 Å². The monoisotopic (exact) mass is 169 g/mol. The fraction of sp³-hybridized carbons (Fsp3) is 0.571. The Balaban J connectivity index is 2.21. The van der Waals surface area contributed by atoms with Crippen LogP contribution in [0.1, 0.15) is 12.5 Å². The molecule has 1 aliphatic rings. The quantitative estimate of drug-likeness (QED) is 0.685. The van der Waals surface area contributed by atoms with E-state index in [4.69, 9.17) is 5.73 Å². The molecule has 2 N–H and O–H groups in total. The molecule has 0 aliphatic carbocycles. The summed E-state index contributed by atoms with van der Waals surface area (Å²) in [5, 5.41) is 0. The molecular weight excluding hydrogens is 158 g/mol. The molecule has 1 unspecified atom stereocenters. The maximum absolute atomic E-state index is 5.66. The molecule has 3 nitrogen and oxygen atoms in total. The van der Waals surface area contributed by atoms with Gasteiger partial charge in [-0.15, -0.1) is 0 Å². The van der Waals surface area contributed by atoms with Crippen LogP contribution in [0.4, 0.5) is 5.95 Å². The molecule has 0 radical (unpaired) electrons.